The molecule has 0 atom stereocenters. The highest BCUT2D eigenvalue weighted by Crippen LogP contribution is 2.31. The zero-order valence-corrected chi connectivity index (χ0v) is 21.0. The van der Waals surface area contributed by atoms with Crippen LogP contribution in [0.3, 0.4) is 0 Å². The van der Waals surface area contributed by atoms with Crippen LogP contribution in [0.2, 0.25) is 0 Å². The zero-order chi connectivity index (χ0) is 28.1. The van der Waals surface area contributed by atoms with Gasteiger partial charge in [0.1, 0.15) is 17.5 Å². The molecule has 0 bridgehead atoms. The van der Waals surface area contributed by atoms with E-state index in [1.807, 2.05) is 47.4 Å². The maximum atomic E-state index is 13.0. The average molecular weight is 544 g/mol. The number of H-pyrrole nitrogens is 1. The van der Waals surface area contributed by atoms with Gasteiger partial charge in [0.2, 0.25) is 5.91 Å². The number of piperazine rings is 1. The second-order valence-electron chi connectivity index (χ2n) is 8.31. The molecule has 1 aromatic carbocycles. The lowest BCUT2D eigenvalue weighted by atomic mass is 10.2. The van der Waals surface area contributed by atoms with E-state index in [0.29, 0.717) is 31.7 Å². The zero-order valence-electron chi connectivity index (χ0n) is 21.0. The number of anilines is 2. The van der Waals surface area contributed by atoms with E-state index >= 15 is 0 Å². The lowest BCUT2D eigenvalue weighted by Crippen LogP contribution is -2.49. The van der Waals surface area contributed by atoms with Gasteiger partial charge in [0.05, 0.1) is 37.1 Å². The van der Waals surface area contributed by atoms with Gasteiger partial charge < -0.3 is 19.9 Å². The number of nitrogens with zero attached hydrogens (tertiary/aromatic N) is 5. The highest BCUT2D eigenvalue weighted by molar-refractivity contribution is 5.76. The van der Waals surface area contributed by atoms with E-state index in [1.165, 1.54) is 6.20 Å². The van der Waals surface area contributed by atoms with Crippen molar-refractivity contribution in [3.8, 4) is 6.07 Å². The van der Waals surface area contributed by atoms with Gasteiger partial charge in [-0.25, -0.2) is 10.1 Å². The van der Waals surface area contributed by atoms with Crippen LogP contribution in [-0.2, 0) is 15.7 Å². The molecule has 2 aromatic heterocycles. The number of benzene rings is 1. The Morgan fingerprint density at radius 2 is 1.72 bits per heavy atom. The minimum absolute atomic E-state index is 0.0126. The van der Waals surface area contributed by atoms with Crippen molar-refractivity contribution >= 4 is 17.4 Å². The molecule has 1 aliphatic heterocycles. The number of nitriles is 1. The number of pyridine rings is 1. The van der Waals surface area contributed by atoms with Crippen molar-refractivity contribution < 1.29 is 22.7 Å². The minimum atomic E-state index is -4.81. The fraction of sp³-hybridized carbons (Fsp3) is 0.346. The number of amides is 1. The van der Waals surface area contributed by atoms with Gasteiger partial charge in [0.25, 0.3) is 5.56 Å². The molecule has 3 aromatic rings. The monoisotopic (exact) mass is 543 g/mol. The number of nitrogens with one attached hydrogen (secondary N) is 2. The van der Waals surface area contributed by atoms with E-state index in [-0.39, 0.29) is 32.1 Å². The summed E-state index contributed by atoms with van der Waals surface area (Å²) in [4.78, 5) is 31.8. The summed E-state index contributed by atoms with van der Waals surface area (Å²) in [6.07, 6.45) is -2.27. The molecular formula is C26H28F3N7O3. The third-order valence-corrected chi connectivity index (χ3v) is 5.66. The number of alkyl halides is 3. The first kappa shape index (κ1) is 29.1. The van der Waals surface area contributed by atoms with E-state index in [0.717, 1.165) is 12.0 Å². The number of halogens is 3. The Morgan fingerprint density at radius 3 is 2.28 bits per heavy atom. The molecule has 206 valence electrons. The number of rotatable bonds is 8. The van der Waals surface area contributed by atoms with Gasteiger partial charge >= 0.3 is 6.18 Å². The Kier molecular flexibility index (Phi) is 10.8. The second kappa shape index (κ2) is 14.5. The smallest absolute Gasteiger partial charge is 0.381 e. The largest absolute Gasteiger partial charge is 0.423 e. The first-order valence-electron chi connectivity index (χ1n) is 12.1. The van der Waals surface area contributed by atoms with Crippen molar-refractivity contribution in [2.75, 3.05) is 56.2 Å². The molecule has 10 nitrogen and oxygen atoms in total. The molecule has 4 rings (SSSR count). The normalized spacial score (nSPS) is 13.2. The van der Waals surface area contributed by atoms with Crippen LogP contribution < -0.4 is 15.8 Å². The molecule has 39 heavy (non-hydrogen) atoms. The lowest BCUT2D eigenvalue weighted by molar-refractivity contribution is -0.138. The Labute approximate surface area is 223 Å². The summed E-state index contributed by atoms with van der Waals surface area (Å²) in [7, 11) is 0. The van der Waals surface area contributed by atoms with Crippen molar-refractivity contribution in [3.63, 3.8) is 0 Å². The van der Waals surface area contributed by atoms with E-state index in [9.17, 15) is 22.8 Å². The number of aromatic amines is 1. The molecule has 0 saturated carbocycles. The maximum Gasteiger partial charge on any atom is 0.423 e. The van der Waals surface area contributed by atoms with Crippen molar-refractivity contribution in [2.45, 2.75) is 12.6 Å². The third-order valence-electron chi connectivity index (χ3n) is 5.66. The highest BCUT2D eigenvalue weighted by Gasteiger charge is 2.37. The van der Waals surface area contributed by atoms with E-state index in [2.05, 4.69) is 15.4 Å². The van der Waals surface area contributed by atoms with Gasteiger partial charge in [-0.15, -0.1) is 0 Å². The summed E-state index contributed by atoms with van der Waals surface area (Å²) in [5, 5.41) is 16.5. The van der Waals surface area contributed by atoms with Crippen molar-refractivity contribution in [1.29, 1.82) is 5.26 Å². The maximum absolute atomic E-state index is 13.0. The number of hydrogen-bond donors (Lipinski definition) is 2. The van der Waals surface area contributed by atoms with Crippen LogP contribution >= 0.6 is 0 Å². The van der Waals surface area contributed by atoms with Crippen LogP contribution in [0.4, 0.5) is 24.7 Å². The fourth-order valence-electron chi connectivity index (χ4n) is 3.70. The number of carbonyl (C=O) groups is 1. The Bertz CT molecular complexity index is 1240. The van der Waals surface area contributed by atoms with Gasteiger partial charge in [0.15, 0.2) is 0 Å². The molecule has 1 saturated heterocycles. The van der Waals surface area contributed by atoms with Crippen molar-refractivity contribution in [1.82, 2.24) is 20.1 Å². The Morgan fingerprint density at radius 1 is 1.05 bits per heavy atom. The molecule has 1 amide bonds. The topological polar surface area (TPSA) is 127 Å². The summed E-state index contributed by atoms with van der Waals surface area (Å²) >= 11 is 0. The van der Waals surface area contributed by atoms with Crippen LogP contribution in [0, 0.1) is 11.3 Å². The number of ether oxygens (including phenoxy) is 1. The second-order valence-corrected chi connectivity index (χ2v) is 8.31. The van der Waals surface area contributed by atoms with Gasteiger partial charge in [0, 0.05) is 38.9 Å². The van der Waals surface area contributed by atoms with E-state index in [4.69, 9.17) is 10.00 Å². The predicted octanol–water partition coefficient (Wildman–Crippen LogP) is 2.91. The Hall–Kier alpha value is -4.44. The minimum Gasteiger partial charge on any atom is -0.381 e. The first-order chi connectivity index (χ1) is 18.8. The molecule has 0 unspecified atom stereocenters. The van der Waals surface area contributed by atoms with Crippen molar-refractivity contribution in [3.05, 3.63) is 82.4 Å². The molecule has 0 radical (unpaired) electrons. The van der Waals surface area contributed by atoms with Crippen LogP contribution in [-0.4, -0.2) is 71.9 Å². The van der Waals surface area contributed by atoms with Gasteiger partial charge in [-0.05, 0) is 12.1 Å². The summed E-state index contributed by atoms with van der Waals surface area (Å²) in [6, 6.07) is 17.5. The van der Waals surface area contributed by atoms with Crippen LogP contribution in [0.25, 0.3) is 0 Å². The van der Waals surface area contributed by atoms with Crippen molar-refractivity contribution in [2.24, 2.45) is 0 Å². The van der Waals surface area contributed by atoms with Gasteiger partial charge in [-0.3, -0.25) is 9.59 Å². The fourth-order valence-corrected chi connectivity index (χ4v) is 3.70. The molecule has 0 aliphatic carbocycles. The number of hydrogen-bond acceptors (Lipinski definition) is 8. The van der Waals surface area contributed by atoms with E-state index < -0.39 is 23.0 Å². The third kappa shape index (κ3) is 9.11. The molecule has 3 heterocycles. The lowest BCUT2D eigenvalue weighted by Gasteiger charge is -2.35. The SMILES string of the molecule is N#Cc1ccc(N2CCN(C(=O)CCOCCNc3cn[nH]c(=O)c3C(F)(F)F)CC2)nc1.c1ccccc1. The first-order valence-corrected chi connectivity index (χ1v) is 12.1. The van der Waals surface area contributed by atoms with Crippen LogP contribution in [0.5, 0.6) is 0 Å². The highest BCUT2D eigenvalue weighted by atomic mass is 19.4. The van der Waals surface area contributed by atoms with Crippen LogP contribution in [0.15, 0.2) is 65.7 Å². The quantitative estimate of drug-likeness (QED) is 0.416. The molecule has 2 N–H and O–H groups in total. The number of aromatic nitrogens is 3. The molecular weight excluding hydrogens is 515 g/mol. The summed E-state index contributed by atoms with van der Waals surface area (Å²) in [6.45, 7) is 2.46. The summed E-state index contributed by atoms with van der Waals surface area (Å²) in [5.74, 6) is 0.676. The average Bonchev–Trinajstić information content (AvgIpc) is 2.95. The molecule has 13 heteroatoms. The standard InChI is InChI=1S/C20H22F3N7O3.C6H6/c21-20(22,23)18-15(13-27-28-19(18)32)25-4-10-33-9-3-17(31)30-7-5-29(6-8-30)16-2-1-14(11-24)12-26-16;1-2-4-6-5-3-1/h1-2,12-13H,3-10H2,(H2,25,28,32);1-6H. The molecule has 0 spiro atoms. The van der Waals surface area contributed by atoms with E-state index in [1.54, 1.807) is 22.1 Å². The summed E-state index contributed by atoms with van der Waals surface area (Å²) in [5.41, 5.74) is -2.62. The molecule has 1 aliphatic rings. The summed E-state index contributed by atoms with van der Waals surface area (Å²) < 4.78 is 44.3. The number of carbonyl (C=O) groups excluding carboxylic acids is 1. The van der Waals surface area contributed by atoms with Gasteiger partial charge in [-0.2, -0.15) is 23.5 Å². The van der Waals surface area contributed by atoms with Crippen LogP contribution in [0.1, 0.15) is 17.5 Å². The predicted molar refractivity (Wildman–Crippen MR) is 138 cm³/mol. The Balaban J connectivity index is 0.000000617. The van der Waals surface area contributed by atoms with Gasteiger partial charge in [-0.1, -0.05) is 36.4 Å². The molecule has 1 fully saturated rings.